The summed E-state index contributed by atoms with van der Waals surface area (Å²) < 4.78 is 5.04. The molecule has 1 rings (SSSR count). The smallest absolute Gasteiger partial charge is 0.248 e. The maximum Gasteiger partial charge on any atom is 0.248 e. The highest BCUT2D eigenvalue weighted by Crippen LogP contribution is 1.97. The number of nitrogens with two attached hydrogens (primary N) is 1. The van der Waals surface area contributed by atoms with Crippen LogP contribution in [0.5, 0.6) is 0 Å². The van der Waals surface area contributed by atoms with E-state index >= 15 is 0 Å². The van der Waals surface area contributed by atoms with Crippen LogP contribution in [0.3, 0.4) is 0 Å². The number of H-pyrrole nitrogens is 1. The van der Waals surface area contributed by atoms with E-state index in [2.05, 4.69) is 15.2 Å². The molecule has 0 aliphatic heterocycles. The Kier molecular flexibility index (Phi) is 4.87. The standard InChI is InChI=1S/C9H17N5O2/c1-7-11-8(13-12-7)5-14(2)9(15)6-16-4-3-10/h3-6,10H2,1-2H3,(H,11,12,13). The summed E-state index contributed by atoms with van der Waals surface area (Å²) in [7, 11) is 1.68. The molecule has 1 heterocycles. The summed E-state index contributed by atoms with van der Waals surface area (Å²) in [5.41, 5.74) is 5.24. The van der Waals surface area contributed by atoms with Gasteiger partial charge in [-0.1, -0.05) is 0 Å². The topological polar surface area (TPSA) is 97.1 Å². The van der Waals surface area contributed by atoms with Gasteiger partial charge in [0.15, 0.2) is 5.82 Å². The largest absolute Gasteiger partial charge is 0.370 e. The number of rotatable bonds is 6. The SMILES string of the molecule is Cc1nc(CN(C)C(=O)COCCN)n[nH]1. The number of aryl methyl sites for hydroxylation is 1. The molecule has 0 aliphatic carbocycles. The van der Waals surface area contributed by atoms with Gasteiger partial charge in [-0.05, 0) is 6.92 Å². The Hall–Kier alpha value is -1.47. The highest BCUT2D eigenvalue weighted by atomic mass is 16.5. The Bertz CT molecular complexity index is 338. The van der Waals surface area contributed by atoms with Crippen molar-refractivity contribution in [1.29, 1.82) is 0 Å². The number of likely N-dealkylation sites (N-methyl/N-ethyl adjacent to an activating group) is 1. The molecule has 0 bridgehead atoms. The molecule has 0 unspecified atom stereocenters. The second-order valence-electron chi connectivity index (χ2n) is 3.43. The quantitative estimate of drug-likeness (QED) is 0.610. The minimum Gasteiger partial charge on any atom is -0.370 e. The molecular weight excluding hydrogens is 210 g/mol. The van der Waals surface area contributed by atoms with Crippen molar-refractivity contribution in [2.24, 2.45) is 5.73 Å². The molecular formula is C9H17N5O2. The van der Waals surface area contributed by atoms with Crippen LogP contribution in [0.4, 0.5) is 0 Å². The lowest BCUT2D eigenvalue weighted by Gasteiger charge is -2.14. The van der Waals surface area contributed by atoms with Gasteiger partial charge in [0, 0.05) is 13.6 Å². The molecule has 0 fully saturated rings. The lowest BCUT2D eigenvalue weighted by atomic mass is 10.5. The van der Waals surface area contributed by atoms with Crippen molar-refractivity contribution >= 4 is 5.91 Å². The van der Waals surface area contributed by atoms with Crippen LogP contribution in [0.25, 0.3) is 0 Å². The number of hydrogen-bond acceptors (Lipinski definition) is 5. The Morgan fingerprint density at radius 1 is 1.62 bits per heavy atom. The Morgan fingerprint density at radius 3 is 2.94 bits per heavy atom. The van der Waals surface area contributed by atoms with Gasteiger partial charge in [-0.25, -0.2) is 4.98 Å². The number of aromatic nitrogens is 3. The molecule has 0 radical (unpaired) electrons. The number of aromatic amines is 1. The van der Waals surface area contributed by atoms with Crippen LogP contribution in [0.15, 0.2) is 0 Å². The third kappa shape index (κ3) is 3.95. The summed E-state index contributed by atoms with van der Waals surface area (Å²) in [6.07, 6.45) is 0. The first-order chi connectivity index (χ1) is 7.63. The summed E-state index contributed by atoms with van der Waals surface area (Å²) in [6, 6.07) is 0. The van der Waals surface area contributed by atoms with Crippen molar-refractivity contribution in [3.63, 3.8) is 0 Å². The zero-order valence-corrected chi connectivity index (χ0v) is 9.56. The van der Waals surface area contributed by atoms with E-state index in [-0.39, 0.29) is 12.5 Å². The highest BCUT2D eigenvalue weighted by Gasteiger charge is 2.11. The molecule has 0 saturated carbocycles. The lowest BCUT2D eigenvalue weighted by Crippen LogP contribution is -2.31. The fourth-order valence-corrected chi connectivity index (χ4v) is 1.11. The average molecular weight is 227 g/mol. The second kappa shape index (κ2) is 6.19. The van der Waals surface area contributed by atoms with Gasteiger partial charge in [-0.2, -0.15) is 5.10 Å². The molecule has 7 heteroatoms. The van der Waals surface area contributed by atoms with Gasteiger partial charge in [0.1, 0.15) is 12.4 Å². The van der Waals surface area contributed by atoms with Crippen LogP contribution in [0, 0.1) is 6.92 Å². The van der Waals surface area contributed by atoms with E-state index < -0.39 is 0 Å². The average Bonchev–Trinajstić information content (AvgIpc) is 2.64. The molecule has 0 aliphatic rings. The van der Waals surface area contributed by atoms with Gasteiger partial charge in [-0.15, -0.1) is 0 Å². The maximum absolute atomic E-state index is 11.5. The van der Waals surface area contributed by atoms with Crippen LogP contribution < -0.4 is 5.73 Å². The Morgan fingerprint density at radius 2 is 2.38 bits per heavy atom. The molecule has 0 saturated heterocycles. The van der Waals surface area contributed by atoms with Crippen LogP contribution in [0.1, 0.15) is 11.6 Å². The van der Waals surface area contributed by atoms with Crippen LogP contribution >= 0.6 is 0 Å². The van der Waals surface area contributed by atoms with Crippen molar-refractivity contribution < 1.29 is 9.53 Å². The van der Waals surface area contributed by atoms with E-state index in [4.69, 9.17) is 10.5 Å². The number of carbonyl (C=O) groups is 1. The van der Waals surface area contributed by atoms with Gasteiger partial charge in [0.2, 0.25) is 5.91 Å². The van der Waals surface area contributed by atoms with E-state index in [0.29, 0.717) is 25.5 Å². The summed E-state index contributed by atoms with van der Waals surface area (Å²) in [6.45, 7) is 3.02. The molecule has 0 aromatic carbocycles. The first-order valence-electron chi connectivity index (χ1n) is 5.03. The van der Waals surface area contributed by atoms with Crippen LogP contribution in [-0.2, 0) is 16.1 Å². The minimum atomic E-state index is -0.115. The number of carbonyl (C=O) groups excluding carboxylic acids is 1. The second-order valence-corrected chi connectivity index (χ2v) is 3.43. The van der Waals surface area contributed by atoms with Gasteiger partial charge in [-0.3, -0.25) is 9.89 Å². The van der Waals surface area contributed by atoms with E-state index in [1.54, 1.807) is 7.05 Å². The van der Waals surface area contributed by atoms with E-state index in [1.165, 1.54) is 4.90 Å². The third-order valence-electron chi connectivity index (χ3n) is 1.94. The molecule has 1 aromatic heterocycles. The zero-order valence-electron chi connectivity index (χ0n) is 9.56. The fraction of sp³-hybridized carbons (Fsp3) is 0.667. The molecule has 0 spiro atoms. The Labute approximate surface area is 94.0 Å². The van der Waals surface area contributed by atoms with E-state index in [1.807, 2.05) is 6.92 Å². The molecule has 90 valence electrons. The van der Waals surface area contributed by atoms with E-state index in [9.17, 15) is 4.79 Å². The molecule has 0 atom stereocenters. The van der Waals surface area contributed by atoms with Crippen molar-refractivity contribution in [1.82, 2.24) is 20.1 Å². The highest BCUT2D eigenvalue weighted by molar-refractivity contribution is 5.77. The predicted octanol–water partition coefficient (Wildman–Crippen LogP) is -0.953. The molecule has 7 nitrogen and oxygen atoms in total. The number of nitrogens with zero attached hydrogens (tertiary/aromatic N) is 3. The Balaban J connectivity index is 2.34. The number of ether oxygens (including phenoxy) is 1. The summed E-state index contributed by atoms with van der Waals surface area (Å²) in [4.78, 5) is 17.1. The van der Waals surface area contributed by atoms with Crippen molar-refractivity contribution in [3.8, 4) is 0 Å². The van der Waals surface area contributed by atoms with Crippen molar-refractivity contribution in [2.75, 3.05) is 26.8 Å². The number of amides is 1. The zero-order chi connectivity index (χ0) is 12.0. The monoisotopic (exact) mass is 227 g/mol. The van der Waals surface area contributed by atoms with Crippen LogP contribution in [0.2, 0.25) is 0 Å². The summed E-state index contributed by atoms with van der Waals surface area (Å²) in [5.74, 6) is 1.21. The van der Waals surface area contributed by atoms with Crippen molar-refractivity contribution in [3.05, 3.63) is 11.6 Å². The van der Waals surface area contributed by atoms with Gasteiger partial charge < -0.3 is 15.4 Å². The normalized spacial score (nSPS) is 10.4. The molecule has 1 aromatic rings. The number of hydrogen-bond donors (Lipinski definition) is 2. The lowest BCUT2D eigenvalue weighted by molar-refractivity contribution is -0.135. The van der Waals surface area contributed by atoms with Crippen LogP contribution in [-0.4, -0.2) is 52.8 Å². The van der Waals surface area contributed by atoms with Crippen molar-refractivity contribution in [2.45, 2.75) is 13.5 Å². The molecule has 3 N–H and O–H groups in total. The number of nitrogens with one attached hydrogen (secondary N) is 1. The maximum atomic E-state index is 11.5. The summed E-state index contributed by atoms with van der Waals surface area (Å²) in [5, 5.41) is 6.66. The molecule has 16 heavy (non-hydrogen) atoms. The van der Waals surface area contributed by atoms with Gasteiger partial charge >= 0.3 is 0 Å². The first kappa shape index (κ1) is 12.6. The van der Waals surface area contributed by atoms with Gasteiger partial charge in [0.05, 0.1) is 13.2 Å². The summed E-state index contributed by atoms with van der Waals surface area (Å²) >= 11 is 0. The van der Waals surface area contributed by atoms with E-state index in [0.717, 1.165) is 5.82 Å². The van der Waals surface area contributed by atoms with Gasteiger partial charge in [0.25, 0.3) is 0 Å². The predicted molar refractivity (Wildman–Crippen MR) is 57.5 cm³/mol. The fourth-order valence-electron chi connectivity index (χ4n) is 1.11. The third-order valence-corrected chi connectivity index (χ3v) is 1.94. The molecule has 1 amide bonds. The minimum absolute atomic E-state index is 0.0388. The first-order valence-corrected chi connectivity index (χ1v) is 5.03.